The van der Waals surface area contributed by atoms with Crippen molar-refractivity contribution in [2.75, 3.05) is 13.6 Å². The van der Waals surface area contributed by atoms with Crippen molar-refractivity contribution in [2.45, 2.75) is 26.0 Å². The molecule has 1 rings (SSSR count). The summed E-state index contributed by atoms with van der Waals surface area (Å²) in [7, 11) is 2.05. The lowest BCUT2D eigenvalue weighted by Gasteiger charge is -2.35. The van der Waals surface area contributed by atoms with Crippen molar-refractivity contribution in [1.82, 2.24) is 4.90 Å². The maximum absolute atomic E-state index is 5.56. The standard InChI is InChI=1S/C9H16N2O/c1-4-11(3)9(2)5-6-10-7-8-12-9/h6-8H,4-5H2,1-3H3. The van der Waals surface area contributed by atoms with Crippen LogP contribution in [0.4, 0.5) is 0 Å². The van der Waals surface area contributed by atoms with Gasteiger partial charge in [0.2, 0.25) is 0 Å². The zero-order valence-corrected chi connectivity index (χ0v) is 7.95. The van der Waals surface area contributed by atoms with E-state index in [2.05, 4.69) is 23.7 Å². The van der Waals surface area contributed by atoms with Crippen LogP contribution in [-0.4, -0.2) is 30.4 Å². The van der Waals surface area contributed by atoms with Crippen molar-refractivity contribution in [2.24, 2.45) is 4.99 Å². The van der Waals surface area contributed by atoms with Gasteiger partial charge in [0.15, 0.2) is 5.72 Å². The average Bonchev–Trinajstić information content (AvgIpc) is 2.29. The molecular weight excluding hydrogens is 152 g/mol. The molecule has 0 radical (unpaired) electrons. The van der Waals surface area contributed by atoms with Crippen LogP contribution >= 0.6 is 0 Å². The lowest BCUT2D eigenvalue weighted by molar-refractivity contribution is -0.0791. The van der Waals surface area contributed by atoms with Crippen LogP contribution in [0.1, 0.15) is 20.3 Å². The minimum atomic E-state index is -0.231. The zero-order valence-electron chi connectivity index (χ0n) is 7.95. The highest BCUT2D eigenvalue weighted by atomic mass is 16.5. The van der Waals surface area contributed by atoms with Gasteiger partial charge in [-0.3, -0.25) is 9.89 Å². The highest BCUT2D eigenvalue weighted by molar-refractivity contribution is 5.59. The van der Waals surface area contributed by atoms with E-state index >= 15 is 0 Å². The summed E-state index contributed by atoms with van der Waals surface area (Å²) in [6.07, 6.45) is 6.03. The topological polar surface area (TPSA) is 24.8 Å². The summed E-state index contributed by atoms with van der Waals surface area (Å²) in [5, 5.41) is 0. The third kappa shape index (κ3) is 1.85. The highest BCUT2D eigenvalue weighted by Gasteiger charge is 2.28. The first-order valence-corrected chi connectivity index (χ1v) is 4.25. The number of nitrogens with zero attached hydrogens (tertiary/aromatic N) is 2. The van der Waals surface area contributed by atoms with Gasteiger partial charge >= 0.3 is 0 Å². The number of hydrogen-bond acceptors (Lipinski definition) is 3. The first kappa shape index (κ1) is 9.26. The van der Waals surface area contributed by atoms with E-state index in [1.807, 2.05) is 13.3 Å². The molecule has 1 heterocycles. The lowest BCUT2D eigenvalue weighted by atomic mass is 10.1. The monoisotopic (exact) mass is 168 g/mol. The van der Waals surface area contributed by atoms with Gasteiger partial charge in [0.25, 0.3) is 0 Å². The molecule has 1 unspecified atom stereocenters. The number of aliphatic imine (C=N–C) groups is 1. The molecule has 0 aliphatic carbocycles. The summed E-state index contributed by atoms with van der Waals surface area (Å²) in [4.78, 5) is 6.19. The second kappa shape index (κ2) is 3.72. The lowest BCUT2D eigenvalue weighted by Crippen LogP contribution is -2.45. The Kier molecular flexibility index (Phi) is 2.87. The van der Waals surface area contributed by atoms with Crippen LogP contribution in [0.15, 0.2) is 17.5 Å². The Morgan fingerprint density at radius 2 is 2.42 bits per heavy atom. The molecule has 0 saturated carbocycles. The maximum atomic E-state index is 5.56. The first-order chi connectivity index (χ1) is 5.69. The van der Waals surface area contributed by atoms with Gasteiger partial charge in [-0.1, -0.05) is 6.92 Å². The summed E-state index contributed by atoms with van der Waals surface area (Å²) in [6.45, 7) is 5.15. The molecule has 3 heteroatoms. The van der Waals surface area contributed by atoms with E-state index < -0.39 is 0 Å². The minimum absolute atomic E-state index is 0.231. The number of hydrogen-bond donors (Lipinski definition) is 0. The van der Waals surface area contributed by atoms with Crippen LogP contribution in [0, 0.1) is 0 Å². The predicted octanol–water partition coefficient (Wildman–Crippen LogP) is 1.62. The van der Waals surface area contributed by atoms with Crippen molar-refractivity contribution in [3.05, 3.63) is 12.5 Å². The van der Waals surface area contributed by atoms with Crippen LogP contribution in [0.5, 0.6) is 0 Å². The summed E-state index contributed by atoms with van der Waals surface area (Å²) >= 11 is 0. The van der Waals surface area contributed by atoms with Crippen LogP contribution < -0.4 is 0 Å². The molecule has 1 atom stereocenters. The smallest absolute Gasteiger partial charge is 0.164 e. The molecule has 68 valence electrons. The van der Waals surface area contributed by atoms with Gasteiger partial charge in [-0.25, -0.2) is 0 Å². The van der Waals surface area contributed by atoms with E-state index in [0.29, 0.717) is 0 Å². The van der Waals surface area contributed by atoms with Crippen molar-refractivity contribution < 1.29 is 4.74 Å². The zero-order chi connectivity index (χ0) is 9.03. The van der Waals surface area contributed by atoms with Gasteiger partial charge < -0.3 is 4.74 Å². The molecule has 0 aromatic heterocycles. The van der Waals surface area contributed by atoms with Crippen LogP contribution in [0.3, 0.4) is 0 Å². The van der Waals surface area contributed by atoms with Gasteiger partial charge in [-0.2, -0.15) is 0 Å². The Hall–Kier alpha value is -0.830. The van der Waals surface area contributed by atoms with Gasteiger partial charge in [-0.05, 0) is 20.5 Å². The van der Waals surface area contributed by atoms with Crippen molar-refractivity contribution in [3.8, 4) is 0 Å². The van der Waals surface area contributed by atoms with Crippen molar-refractivity contribution in [3.63, 3.8) is 0 Å². The second-order valence-electron chi connectivity index (χ2n) is 3.13. The van der Waals surface area contributed by atoms with Gasteiger partial charge in [0.1, 0.15) is 6.26 Å². The molecule has 0 saturated heterocycles. The summed E-state index contributed by atoms with van der Waals surface area (Å²) in [5.41, 5.74) is -0.231. The van der Waals surface area contributed by atoms with E-state index in [0.717, 1.165) is 13.0 Å². The predicted molar refractivity (Wildman–Crippen MR) is 50.0 cm³/mol. The van der Waals surface area contributed by atoms with Crippen LogP contribution in [-0.2, 0) is 4.74 Å². The molecule has 1 aliphatic rings. The number of ether oxygens (including phenoxy) is 1. The summed E-state index contributed by atoms with van der Waals surface area (Å²) in [5.74, 6) is 0. The molecule has 0 bridgehead atoms. The molecule has 0 aromatic rings. The fourth-order valence-electron chi connectivity index (χ4n) is 1.12. The van der Waals surface area contributed by atoms with E-state index in [1.54, 1.807) is 12.5 Å². The third-order valence-electron chi connectivity index (χ3n) is 2.33. The van der Waals surface area contributed by atoms with E-state index in [1.165, 1.54) is 0 Å². The van der Waals surface area contributed by atoms with Crippen molar-refractivity contribution >= 4 is 6.21 Å². The Balaban J connectivity index is 2.69. The Morgan fingerprint density at radius 3 is 3.08 bits per heavy atom. The Morgan fingerprint density at radius 1 is 1.67 bits per heavy atom. The van der Waals surface area contributed by atoms with E-state index in [-0.39, 0.29) is 5.72 Å². The normalized spacial score (nSPS) is 28.7. The Bertz CT molecular complexity index is 185. The first-order valence-electron chi connectivity index (χ1n) is 4.25. The van der Waals surface area contributed by atoms with Gasteiger partial charge in [0, 0.05) is 12.6 Å². The molecular formula is C9H16N2O. The Labute approximate surface area is 73.7 Å². The van der Waals surface area contributed by atoms with Gasteiger partial charge in [0.05, 0.1) is 6.20 Å². The molecule has 0 N–H and O–H groups in total. The molecule has 0 fully saturated rings. The van der Waals surface area contributed by atoms with Crippen LogP contribution in [0.25, 0.3) is 0 Å². The summed E-state index contributed by atoms with van der Waals surface area (Å²) in [6, 6.07) is 0. The second-order valence-corrected chi connectivity index (χ2v) is 3.13. The van der Waals surface area contributed by atoms with Crippen LogP contribution in [0.2, 0.25) is 0 Å². The fraction of sp³-hybridized carbons (Fsp3) is 0.667. The SMILES string of the molecule is CCN(C)C1(C)CC=NC=CO1. The fourth-order valence-corrected chi connectivity index (χ4v) is 1.12. The molecule has 0 aromatic carbocycles. The quantitative estimate of drug-likeness (QED) is 0.626. The van der Waals surface area contributed by atoms with Gasteiger partial charge in [-0.15, -0.1) is 0 Å². The summed E-state index contributed by atoms with van der Waals surface area (Å²) < 4.78 is 5.56. The minimum Gasteiger partial charge on any atom is -0.478 e. The highest BCUT2D eigenvalue weighted by Crippen LogP contribution is 2.20. The van der Waals surface area contributed by atoms with E-state index in [9.17, 15) is 0 Å². The molecule has 0 spiro atoms. The largest absolute Gasteiger partial charge is 0.478 e. The molecule has 3 nitrogen and oxygen atoms in total. The molecule has 1 aliphatic heterocycles. The van der Waals surface area contributed by atoms with Crippen molar-refractivity contribution in [1.29, 1.82) is 0 Å². The maximum Gasteiger partial charge on any atom is 0.164 e. The third-order valence-corrected chi connectivity index (χ3v) is 2.33. The molecule has 12 heavy (non-hydrogen) atoms. The average molecular weight is 168 g/mol. The number of rotatable bonds is 2. The molecule has 0 amide bonds. The van der Waals surface area contributed by atoms with E-state index in [4.69, 9.17) is 4.74 Å².